The van der Waals surface area contributed by atoms with E-state index < -0.39 is 12.0 Å². The number of rotatable bonds is 9. The molecular formula is C13H26N2O3. The smallest absolute Gasteiger partial charge is 0.326 e. The zero-order valence-corrected chi connectivity index (χ0v) is 11.6. The van der Waals surface area contributed by atoms with E-state index in [1.807, 2.05) is 20.8 Å². The lowest BCUT2D eigenvalue weighted by atomic mass is 10.0. The van der Waals surface area contributed by atoms with E-state index in [0.29, 0.717) is 13.0 Å². The van der Waals surface area contributed by atoms with Crippen LogP contribution in [0.5, 0.6) is 0 Å². The Morgan fingerprint density at radius 1 is 1.22 bits per heavy atom. The van der Waals surface area contributed by atoms with Crippen molar-refractivity contribution in [1.82, 2.24) is 5.32 Å². The molecular weight excluding hydrogens is 232 g/mol. The lowest BCUT2D eigenvalue weighted by Gasteiger charge is -2.19. The number of unbranched alkanes of at least 4 members (excludes halogenated alkanes) is 1. The number of nitrogens with one attached hydrogen (secondary N) is 1. The van der Waals surface area contributed by atoms with Gasteiger partial charge in [0.05, 0.1) is 0 Å². The van der Waals surface area contributed by atoms with Crippen LogP contribution in [0, 0.1) is 11.8 Å². The van der Waals surface area contributed by atoms with Gasteiger partial charge in [-0.3, -0.25) is 4.79 Å². The first-order chi connectivity index (χ1) is 8.38. The molecule has 5 heteroatoms. The minimum absolute atomic E-state index is 0.162. The van der Waals surface area contributed by atoms with Crippen LogP contribution in [-0.2, 0) is 9.59 Å². The second-order valence-electron chi connectivity index (χ2n) is 5.21. The number of carbonyl (C=O) groups excluding carboxylic acids is 1. The molecule has 0 heterocycles. The minimum Gasteiger partial charge on any atom is -0.480 e. The predicted molar refractivity (Wildman–Crippen MR) is 71.1 cm³/mol. The van der Waals surface area contributed by atoms with Gasteiger partial charge in [0.15, 0.2) is 0 Å². The summed E-state index contributed by atoms with van der Waals surface area (Å²) in [7, 11) is 0. The molecule has 0 aliphatic carbocycles. The monoisotopic (exact) mass is 258 g/mol. The summed E-state index contributed by atoms with van der Waals surface area (Å²) in [5.41, 5.74) is 5.39. The largest absolute Gasteiger partial charge is 0.480 e. The van der Waals surface area contributed by atoms with E-state index in [0.717, 1.165) is 19.3 Å². The van der Waals surface area contributed by atoms with Crippen molar-refractivity contribution >= 4 is 11.9 Å². The molecule has 5 nitrogen and oxygen atoms in total. The van der Waals surface area contributed by atoms with E-state index in [2.05, 4.69) is 5.32 Å². The average Bonchev–Trinajstić information content (AvgIpc) is 2.27. The van der Waals surface area contributed by atoms with E-state index >= 15 is 0 Å². The van der Waals surface area contributed by atoms with Crippen LogP contribution in [0.1, 0.15) is 46.5 Å². The van der Waals surface area contributed by atoms with Crippen molar-refractivity contribution in [2.75, 3.05) is 6.54 Å². The highest BCUT2D eigenvalue weighted by Gasteiger charge is 2.23. The van der Waals surface area contributed by atoms with Gasteiger partial charge in [-0.05, 0) is 31.7 Å². The quantitative estimate of drug-likeness (QED) is 0.544. The average molecular weight is 258 g/mol. The zero-order valence-electron chi connectivity index (χ0n) is 11.6. The zero-order chi connectivity index (χ0) is 14.1. The van der Waals surface area contributed by atoms with Crippen molar-refractivity contribution in [2.45, 2.75) is 52.5 Å². The number of carbonyl (C=O) groups is 2. The van der Waals surface area contributed by atoms with Crippen LogP contribution in [0.15, 0.2) is 0 Å². The molecule has 0 aliphatic heterocycles. The maximum atomic E-state index is 11.8. The molecule has 0 aromatic rings. The van der Waals surface area contributed by atoms with Crippen molar-refractivity contribution in [3.05, 3.63) is 0 Å². The fourth-order valence-corrected chi connectivity index (χ4v) is 1.73. The third-order valence-corrected chi connectivity index (χ3v) is 2.86. The first-order valence-corrected chi connectivity index (χ1v) is 6.61. The van der Waals surface area contributed by atoms with Gasteiger partial charge < -0.3 is 16.2 Å². The topological polar surface area (TPSA) is 92.4 Å². The van der Waals surface area contributed by atoms with Gasteiger partial charge in [0.25, 0.3) is 0 Å². The van der Waals surface area contributed by atoms with Crippen molar-refractivity contribution in [1.29, 1.82) is 0 Å². The molecule has 106 valence electrons. The Kier molecular flexibility index (Phi) is 8.37. The third kappa shape index (κ3) is 7.27. The van der Waals surface area contributed by atoms with E-state index in [-0.39, 0.29) is 17.7 Å². The molecule has 2 unspecified atom stereocenters. The van der Waals surface area contributed by atoms with E-state index in [9.17, 15) is 9.59 Å². The van der Waals surface area contributed by atoms with Crippen molar-refractivity contribution in [3.63, 3.8) is 0 Å². The first-order valence-electron chi connectivity index (χ1n) is 6.61. The number of nitrogens with two attached hydrogens (primary N) is 1. The highest BCUT2D eigenvalue weighted by molar-refractivity contribution is 5.84. The summed E-state index contributed by atoms with van der Waals surface area (Å²) in [6.45, 7) is 6.32. The van der Waals surface area contributed by atoms with Gasteiger partial charge in [0.2, 0.25) is 5.91 Å². The number of carboxylic acids is 1. The summed E-state index contributed by atoms with van der Waals surface area (Å²) in [4.78, 5) is 22.9. The molecule has 0 aromatic heterocycles. The van der Waals surface area contributed by atoms with Crippen LogP contribution in [0.3, 0.4) is 0 Å². The first kappa shape index (κ1) is 16.9. The van der Waals surface area contributed by atoms with Crippen LogP contribution < -0.4 is 11.1 Å². The van der Waals surface area contributed by atoms with Crippen molar-refractivity contribution in [2.24, 2.45) is 17.6 Å². The van der Waals surface area contributed by atoms with Gasteiger partial charge in [-0.15, -0.1) is 0 Å². The summed E-state index contributed by atoms with van der Waals surface area (Å²) >= 11 is 0. The number of amides is 1. The predicted octanol–water partition coefficient (Wildman–Crippen LogP) is 1.37. The molecule has 0 saturated carbocycles. The summed E-state index contributed by atoms with van der Waals surface area (Å²) in [6.07, 6.45) is 2.99. The number of aliphatic carboxylic acids is 1. The van der Waals surface area contributed by atoms with E-state index in [1.165, 1.54) is 0 Å². The van der Waals surface area contributed by atoms with Gasteiger partial charge in [0, 0.05) is 5.92 Å². The molecule has 18 heavy (non-hydrogen) atoms. The maximum Gasteiger partial charge on any atom is 0.326 e. The van der Waals surface area contributed by atoms with Crippen molar-refractivity contribution in [3.8, 4) is 0 Å². The van der Waals surface area contributed by atoms with Crippen LogP contribution in [0.25, 0.3) is 0 Å². The van der Waals surface area contributed by atoms with E-state index in [4.69, 9.17) is 10.8 Å². The molecule has 2 atom stereocenters. The molecule has 0 aromatic carbocycles. The lowest BCUT2D eigenvalue weighted by Crippen LogP contribution is -2.43. The van der Waals surface area contributed by atoms with Gasteiger partial charge in [-0.2, -0.15) is 0 Å². The summed E-state index contributed by atoms with van der Waals surface area (Å²) in [5, 5.41) is 11.6. The van der Waals surface area contributed by atoms with Gasteiger partial charge in [-0.25, -0.2) is 4.79 Å². The van der Waals surface area contributed by atoms with Crippen LogP contribution in [0.4, 0.5) is 0 Å². The number of carboxylic acid groups (broad SMARTS) is 1. The molecule has 0 spiro atoms. The summed E-state index contributed by atoms with van der Waals surface area (Å²) in [6, 6.07) is -0.783. The molecule has 4 N–H and O–H groups in total. The van der Waals surface area contributed by atoms with Gasteiger partial charge >= 0.3 is 5.97 Å². The Hall–Kier alpha value is -1.10. The number of hydrogen-bond donors (Lipinski definition) is 3. The Labute approximate surface area is 109 Å². The Morgan fingerprint density at radius 3 is 2.28 bits per heavy atom. The molecule has 0 fully saturated rings. The maximum absolute atomic E-state index is 11.8. The normalized spacial score (nSPS) is 14.3. The third-order valence-electron chi connectivity index (χ3n) is 2.86. The minimum atomic E-state index is -0.966. The fraction of sp³-hybridized carbons (Fsp3) is 0.846. The summed E-state index contributed by atoms with van der Waals surface area (Å²) in [5.74, 6) is -1.07. The van der Waals surface area contributed by atoms with E-state index in [1.54, 1.807) is 0 Å². The Balaban J connectivity index is 4.19. The molecule has 0 aliphatic rings. The fourth-order valence-electron chi connectivity index (χ4n) is 1.73. The highest BCUT2D eigenvalue weighted by Crippen LogP contribution is 2.10. The molecule has 0 rings (SSSR count). The van der Waals surface area contributed by atoms with Crippen LogP contribution in [0.2, 0.25) is 0 Å². The Bertz CT molecular complexity index is 267. The highest BCUT2D eigenvalue weighted by atomic mass is 16.4. The Morgan fingerprint density at radius 2 is 1.83 bits per heavy atom. The standard InChI is InChI=1S/C13H26N2O3/c1-9(2)8-11(13(17)18)15-12(16)10(3)6-4-5-7-14/h9-11H,4-8,14H2,1-3H3,(H,15,16)(H,17,18). The van der Waals surface area contributed by atoms with Crippen LogP contribution >= 0.6 is 0 Å². The van der Waals surface area contributed by atoms with Gasteiger partial charge in [0.1, 0.15) is 6.04 Å². The molecule has 0 saturated heterocycles. The molecule has 1 amide bonds. The number of hydrogen-bond acceptors (Lipinski definition) is 3. The SMILES string of the molecule is CC(C)CC(NC(=O)C(C)CCCCN)C(=O)O. The van der Waals surface area contributed by atoms with Gasteiger partial charge in [-0.1, -0.05) is 27.2 Å². The second-order valence-corrected chi connectivity index (χ2v) is 5.21. The lowest BCUT2D eigenvalue weighted by molar-refractivity contribution is -0.142. The molecule has 0 radical (unpaired) electrons. The van der Waals surface area contributed by atoms with Crippen molar-refractivity contribution < 1.29 is 14.7 Å². The molecule has 0 bridgehead atoms. The van der Waals surface area contributed by atoms with Crippen LogP contribution in [-0.4, -0.2) is 29.6 Å². The second kappa shape index (κ2) is 8.91. The summed E-state index contributed by atoms with van der Waals surface area (Å²) < 4.78 is 0.